The number of benzene rings is 1. The Morgan fingerprint density at radius 1 is 1.36 bits per heavy atom. The molecular weight excluding hydrogens is 288 g/mol. The van der Waals surface area contributed by atoms with Gasteiger partial charge < -0.3 is 9.84 Å². The molecular formula is C15H16N2O5. The summed E-state index contributed by atoms with van der Waals surface area (Å²) in [6, 6.07) is 6.95. The van der Waals surface area contributed by atoms with Crippen LogP contribution in [-0.2, 0) is 14.3 Å². The van der Waals surface area contributed by atoms with E-state index in [4.69, 9.17) is 9.84 Å². The van der Waals surface area contributed by atoms with E-state index in [1.807, 2.05) is 0 Å². The van der Waals surface area contributed by atoms with E-state index in [0.717, 1.165) is 4.90 Å². The molecule has 1 heterocycles. The highest BCUT2D eigenvalue weighted by Crippen LogP contribution is 2.25. The van der Waals surface area contributed by atoms with E-state index in [0.29, 0.717) is 11.3 Å². The molecule has 22 heavy (non-hydrogen) atoms. The second kappa shape index (κ2) is 6.75. The van der Waals surface area contributed by atoms with Gasteiger partial charge in [0.25, 0.3) is 0 Å². The van der Waals surface area contributed by atoms with Crippen LogP contribution in [0.2, 0.25) is 0 Å². The summed E-state index contributed by atoms with van der Waals surface area (Å²) in [6.07, 6.45) is 1.68. The van der Waals surface area contributed by atoms with Gasteiger partial charge in [-0.15, -0.1) is 0 Å². The summed E-state index contributed by atoms with van der Waals surface area (Å²) in [5, 5.41) is 8.97. The minimum absolute atomic E-state index is 0.0293. The van der Waals surface area contributed by atoms with Crippen LogP contribution in [0.3, 0.4) is 0 Å². The first-order chi connectivity index (χ1) is 10.5. The zero-order valence-electron chi connectivity index (χ0n) is 12.1. The van der Waals surface area contributed by atoms with Crippen molar-refractivity contribution >= 4 is 29.7 Å². The SMILES string of the molecule is CCOC(=O)/C=C/c1ccccc1N1CN(C(=O)O)CC1=O. The monoisotopic (exact) mass is 304 g/mol. The number of carbonyl (C=O) groups is 3. The number of esters is 1. The van der Waals surface area contributed by atoms with Gasteiger partial charge in [-0.2, -0.15) is 0 Å². The van der Waals surface area contributed by atoms with Gasteiger partial charge >= 0.3 is 12.1 Å². The van der Waals surface area contributed by atoms with Crippen molar-refractivity contribution in [3.8, 4) is 0 Å². The van der Waals surface area contributed by atoms with Crippen LogP contribution < -0.4 is 4.90 Å². The first-order valence-electron chi connectivity index (χ1n) is 6.75. The minimum Gasteiger partial charge on any atom is -0.465 e. The summed E-state index contributed by atoms with van der Waals surface area (Å²) in [5.74, 6) is -0.781. The molecule has 7 nitrogen and oxygen atoms in total. The molecule has 1 fully saturated rings. The quantitative estimate of drug-likeness (QED) is 0.673. The number of amides is 2. The fraction of sp³-hybridized carbons (Fsp3) is 0.267. The molecule has 1 saturated heterocycles. The normalized spacial score (nSPS) is 14.7. The second-order valence-electron chi connectivity index (χ2n) is 4.59. The molecule has 7 heteroatoms. The first-order valence-corrected chi connectivity index (χ1v) is 6.75. The molecule has 1 aliphatic rings. The topological polar surface area (TPSA) is 87.2 Å². The molecule has 1 aliphatic heterocycles. The lowest BCUT2D eigenvalue weighted by molar-refractivity contribution is -0.137. The molecule has 0 saturated carbocycles. The van der Waals surface area contributed by atoms with E-state index >= 15 is 0 Å². The van der Waals surface area contributed by atoms with E-state index < -0.39 is 12.1 Å². The van der Waals surface area contributed by atoms with Crippen LogP contribution in [0.25, 0.3) is 6.08 Å². The molecule has 0 radical (unpaired) electrons. The summed E-state index contributed by atoms with van der Waals surface area (Å²) in [5.41, 5.74) is 1.19. The molecule has 0 aliphatic carbocycles. The van der Waals surface area contributed by atoms with Crippen LogP contribution in [0.4, 0.5) is 10.5 Å². The molecule has 0 aromatic heterocycles. The average Bonchev–Trinajstić information content (AvgIpc) is 2.88. The van der Waals surface area contributed by atoms with Crippen LogP contribution in [0.5, 0.6) is 0 Å². The van der Waals surface area contributed by atoms with Gasteiger partial charge in [0, 0.05) is 6.08 Å². The number of anilines is 1. The first kappa shape index (κ1) is 15.6. The number of ether oxygens (including phenoxy) is 1. The summed E-state index contributed by atoms with van der Waals surface area (Å²) in [7, 11) is 0. The predicted octanol–water partition coefficient (Wildman–Crippen LogP) is 1.55. The van der Waals surface area contributed by atoms with Crippen molar-refractivity contribution in [3.05, 3.63) is 35.9 Å². The van der Waals surface area contributed by atoms with Gasteiger partial charge in [0.2, 0.25) is 5.91 Å². The standard InChI is InChI=1S/C15H16N2O5/c1-2-22-14(19)8-7-11-5-3-4-6-12(11)17-10-16(15(20)21)9-13(17)18/h3-8H,2,9-10H2,1H3,(H,20,21)/b8-7+. The lowest BCUT2D eigenvalue weighted by Crippen LogP contribution is -2.30. The van der Waals surface area contributed by atoms with Crippen molar-refractivity contribution in [2.45, 2.75) is 6.92 Å². The molecule has 0 atom stereocenters. The Balaban J connectivity index is 2.23. The van der Waals surface area contributed by atoms with Gasteiger partial charge in [0.1, 0.15) is 13.2 Å². The van der Waals surface area contributed by atoms with Crippen molar-refractivity contribution < 1.29 is 24.2 Å². The maximum atomic E-state index is 12.0. The lowest BCUT2D eigenvalue weighted by Gasteiger charge is -2.18. The van der Waals surface area contributed by atoms with Gasteiger partial charge in [-0.1, -0.05) is 18.2 Å². The van der Waals surface area contributed by atoms with Crippen molar-refractivity contribution in [1.29, 1.82) is 0 Å². The number of carbonyl (C=O) groups excluding carboxylic acids is 2. The summed E-state index contributed by atoms with van der Waals surface area (Å²) in [6.45, 7) is 1.79. The number of para-hydroxylation sites is 1. The summed E-state index contributed by atoms with van der Waals surface area (Å²) in [4.78, 5) is 36.7. The summed E-state index contributed by atoms with van der Waals surface area (Å²) >= 11 is 0. The van der Waals surface area contributed by atoms with E-state index in [-0.39, 0.29) is 25.7 Å². The van der Waals surface area contributed by atoms with Gasteiger partial charge in [0.15, 0.2) is 0 Å². The third kappa shape index (κ3) is 3.43. The maximum absolute atomic E-state index is 12.0. The number of carboxylic acid groups (broad SMARTS) is 1. The Labute approximate surface area is 127 Å². The van der Waals surface area contributed by atoms with Gasteiger partial charge in [-0.25, -0.2) is 9.59 Å². The third-order valence-electron chi connectivity index (χ3n) is 3.12. The van der Waals surface area contributed by atoms with Crippen LogP contribution >= 0.6 is 0 Å². The average molecular weight is 304 g/mol. The van der Waals surface area contributed by atoms with E-state index in [1.54, 1.807) is 37.3 Å². The van der Waals surface area contributed by atoms with Crippen molar-refractivity contribution in [2.75, 3.05) is 24.7 Å². The highest BCUT2D eigenvalue weighted by Gasteiger charge is 2.32. The highest BCUT2D eigenvalue weighted by molar-refractivity contribution is 6.01. The van der Waals surface area contributed by atoms with Crippen molar-refractivity contribution in [3.63, 3.8) is 0 Å². The van der Waals surface area contributed by atoms with Crippen molar-refractivity contribution in [1.82, 2.24) is 4.90 Å². The van der Waals surface area contributed by atoms with Crippen LogP contribution in [0.15, 0.2) is 30.3 Å². The van der Waals surface area contributed by atoms with Crippen molar-refractivity contribution in [2.24, 2.45) is 0 Å². The van der Waals surface area contributed by atoms with E-state index in [9.17, 15) is 14.4 Å². The lowest BCUT2D eigenvalue weighted by atomic mass is 10.1. The maximum Gasteiger partial charge on any atom is 0.409 e. The number of hydrogen-bond acceptors (Lipinski definition) is 4. The zero-order valence-corrected chi connectivity index (χ0v) is 12.1. The smallest absolute Gasteiger partial charge is 0.409 e. The number of hydrogen-bond donors (Lipinski definition) is 1. The minimum atomic E-state index is -1.14. The Morgan fingerprint density at radius 3 is 2.73 bits per heavy atom. The van der Waals surface area contributed by atoms with Gasteiger partial charge in [0.05, 0.1) is 12.3 Å². The Morgan fingerprint density at radius 2 is 2.09 bits per heavy atom. The van der Waals surface area contributed by atoms with Gasteiger partial charge in [-0.3, -0.25) is 14.6 Å². The molecule has 0 unspecified atom stereocenters. The fourth-order valence-corrected chi connectivity index (χ4v) is 2.11. The molecule has 2 rings (SSSR count). The molecule has 1 aromatic carbocycles. The number of rotatable bonds is 4. The van der Waals surface area contributed by atoms with Crippen LogP contribution in [-0.4, -0.2) is 47.8 Å². The zero-order chi connectivity index (χ0) is 16.1. The Kier molecular flexibility index (Phi) is 4.77. The van der Waals surface area contributed by atoms with E-state index in [2.05, 4.69) is 0 Å². The van der Waals surface area contributed by atoms with Crippen LogP contribution in [0, 0.1) is 0 Å². The molecule has 1 N–H and O–H groups in total. The van der Waals surface area contributed by atoms with E-state index in [1.165, 1.54) is 11.0 Å². The largest absolute Gasteiger partial charge is 0.465 e. The number of nitrogens with zero attached hydrogens (tertiary/aromatic N) is 2. The molecule has 2 amide bonds. The van der Waals surface area contributed by atoms with Crippen LogP contribution in [0.1, 0.15) is 12.5 Å². The Bertz CT molecular complexity index is 626. The van der Waals surface area contributed by atoms with Gasteiger partial charge in [-0.05, 0) is 24.6 Å². The molecule has 0 bridgehead atoms. The second-order valence-corrected chi connectivity index (χ2v) is 4.59. The summed E-state index contributed by atoms with van der Waals surface area (Å²) < 4.78 is 4.81. The Hall–Kier alpha value is -2.83. The molecule has 1 aromatic rings. The highest BCUT2D eigenvalue weighted by atomic mass is 16.5. The predicted molar refractivity (Wildman–Crippen MR) is 79.2 cm³/mol. The fourth-order valence-electron chi connectivity index (χ4n) is 2.11. The molecule has 116 valence electrons. The third-order valence-corrected chi connectivity index (χ3v) is 3.12. The molecule has 0 spiro atoms.